The number of rotatable bonds is 5. The first-order valence-electron chi connectivity index (χ1n) is 7.13. The number of carbonyl (C=O) groups excluding carboxylic acids is 1. The van der Waals surface area contributed by atoms with Crippen LogP contribution in [0.2, 0.25) is 0 Å². The summed E-state index contributed by atoms with van der Waals surface area (Å²) < 4.78 is 38.0. The summed E-state index contributed by atoms with van der Waals surface area (Å²) in [6.45, 7) is 3.60. The summed E-state index contributed by atoms with van der Waals surface area (Å²) in [5, 5.41) is 2.39. The van der Waals surface area contributed by atoms with E-state index in [9.17, 15) is 17.6 Å². The molecule has 0 spiro atoms. The summed E-state index contributed by atoms with van der Waals surface area (Å²) in [5.41, 5.74) is 1.74. The van der Waals surface area contributed by atoms with Gasteiger partial charge in [0.2, 0.25) is 5.91 Å². The summed E-state index contributed by atoms with van der Waals surface area (Å²) in [6, 6.07) is 10.9. The molecule has 6 heteroatoms. The molecule has 2 rings (SSSR count). The molecule has 0 bridgehead atoms. The molecule has 0 aliphatic rings. The second-order valence-corrected chi connectivity index (χ2v) is 7.52. The lowest BCUT2D eigenvalue weighted by Gasteiger charge is -2.08. The van der Waals surface area contributed by atoms with Crippen molar-refractivity contribution in [2.75, 3.05) is 11.1 Å². The van der Waals surface area contributed by atoms with E-state index >= 15 is 0 Å². The van der Waals surface area contributed by atoms with Crippen LogP contribution in [0.15, 0.2) is 47.4 Å². The zero-order chi connectivity index (χ0) is 17.0. The maximum absolute atomic E-state index is 13.7. The van der Waals surface area contributed by atoms with Crippen LogP contribution in [0.25, 0.3) is 0 Å². The highest BCUT2D eigenvalue weighted by Gasteiger charge is 2.17. The number of carbonyl (C=O) groups is 1. The van der Waals surface area contributed by atoms with Crippen molar-refractivity contribution in [3.63, 3.8) is 0 Å². The van der Waals surface area contributed by atoms with Crippen LogP contribution in [0.4, 0.5) is 10.1 Å². The average molecular weight is 335 g/mol. The van der Waals surface area contributed by atoms with Gasteiger partial charge >= 0.3 is 0 Å². The fraction of sp³-hybridized carbons (Fsp3) is 0.235. The van der Waals surface area contributed by atoms with Gasteiger partial charge in [-0.05, 0) is 43.7 Å². The van der Waals surface area contributed by atoms with Crippen molar-refractivity contribution < 1.29 is 17.6 Å². The topological polar surface area (TPSA) is 63.2 Å². The Morgan fingerprint density at radius 2 is 1.65 bits per heavy atom. The molecule has 0 saturated heterocycles. The highest BCUT2D eigenvalue weighted by molar-refractivity contribution is 7.91. The minimum atomic E-state index is -3.54. The summed E-state index contributed by atoms with van der Waals surface area (Å²) in [5.74, 6) is -1.40. The number of benzene rings is 2. The summed E-state index contributed by atoms with van der Waals surface area (Å²) >= 11 is 0. The number of hydrogen-bond donors (Lipinski definition) is 1. The van der Waals surface area contributed by atoms with Gasteiger partial charge in [0.25, 0.3) is 0 Å². The molecule has 0 heterocycles. The Labute approximate surface area is 135 Å². The van der Waals surface area contributed by atoms with Gasteiger partial charge < -0.3 is 5.32 Å². The lowest BCUT2D eigenvalue weighted by atomic mass is 10.2. The third kappa shape index (κ3) is 4.63. The van der Waals surface area contributed by atoms with Crippen LogP contribution in [-0.4, -0.2) is 20.1 Å². The van der Waals surface area contributed by atoms with Crippen LogP contribution in [0.3, 0.4) is 0 Å². The van der Waals surface area contributed by atoms with E-state index in [0.29, 0.717) is 0 Å². The van der Waals surface area contributed by atoms with Crippen molar-refractivity contribution in [3.8, 4) is 0 Å². The molecule has 0 radical (unpaired) electrons. The van der Waals surface area contributed by atoms with Crippen molar-refractivity contribution in [1.82, 2.24) is 0 Å². The zero-order valence-electron chi connectivity index (χ0n) is 13.0. The Balaban J connectivity index is 1.99. The molecule has 2 aromatic rings. The van der Waals surface area contributed by atoms with Crippen LogP contribution in [0.1, 0.15) is 17.5 Å². The second kappa shape index (κ2) is 6.91. The SMILES string of the molecule is Cc1ccc(S(=O)(=O)CCC(=O)Nc2ccc(C)cc2F)cc1. The van der Waals surface area contributed by atoms with Crippen molar-refractivity contribution >= 4 is 21.4 Å². The molecule has 0 aromatic heterocycles. The monoisotopic (exact) mass is 335 g/mol. The molecule has 0 fully saturated rings. The van der Waals surface area contributed by atoms with Crippen LogP contribution in [0.5, 0.6) is 0 Å². The van der Waals surface area contributed by atoms with Gasteiger partial charge in [0, 0.05) is 6.42 Å². The molecule has 23 heavy (non-hydrogen) atoms. The smallest absolute Gasteiger partial charge is 0.225 e. The second-order valence-electron chi connectivity index (χ2n) is 5.41. The minimum absolute atomic E-state index is 0.0494. The number of hydrogen-bond acceptors (Lipinski definition) is 3. The normalized spacial score (nSPS) is 11.3. The molecule has 122 valence electrons. The molecular weight excluding hydrogens is 317 g/mol. The first-order chi connectivity index (χ1) is 10.8. The predicted octanol–water partition coefficient (Wildman–Crippen LogP) is 3.25. The Morgan fingerprint density at radius 1 is 1.04 bits per heavy atom. The number of nitrogens with one attached hydrogen (secondary N) is 1. The average Bonchev–Trinajstić information content (AvgIpc) is 2.49. The van der Waals surface area contributed by atoms with E-state index in [1.54, 1.807) is 25.1 Å². The minimum Gasteiger partial charge on any atom is -0.324 e. The van der Waals surface area contributed by atoms with E-state index in [-0.39, 0.29) is 22.8 Å². The number of halogens is 1. The maximum atomic E-state index is 13.7. The largest absolute Gasteiger partial charge is 0.324 e. The molecular formula is C17H18FNO3S. The Bertz CT molecular complexity index is 814. The molecule has 2 aromatic carbocycles. The number of amides is 1. The van der Waals surface area contributed by atoms with E-state index in [0.717, 1.165) is 11.1 Å². The van der Waals surface area contributed by atoms with E-state index in [1.165, 1.54) is 24.3 Å². The molecule has 0 atom stereocenters. The van der Waals surface area contributed by atoms with Crippen LogP contribution in [-0.2, 0) is 14.6 Å². The highest BCUT2D eigenvalue weighted by atomic mass is 32.2. The van der Waals surface area contributed by atoms with Gasteiger partial charge in [0.1, 0.15) is 5.82 Å². The lowest BCUT2D eigenvalue weighted by molar-refractivity contribution is -0.115. The van der Waals surface area contributed by atoms with Crippen molar-refractivity contribution in [3.05, 3.63) is 59.4 Å². The van der Waals surface area contributed by atoms with Gasteiger partial charge in [-0.3, -0.25) is 4.79 Å². The summed E-state index contributed by atoms with van der Waals surface area (Å²) in [7, 11) is -3.54. The third-order valence-corrected chi connectivity index (χ3v) is 5.11. The van der Waals surface area contributed by atoms with E-state index in [1.807, 2.05) is 6.92 Å². The molecule has 0 unspecified atom stereocenters. The van der Waals surface area contributed by atoms with Crippen LogP contribution < -0.4 is 5.32 Å². The highest BCUT2D eigenvalue weighted by Crippen LogP contribution is 2.17. The van der Waals surface area contributed by atoms with E-state index in [4.69, 9.17) is 0 Å². The van der Waals surface area contributed by atoms with Gasteiger partial charge in [0.05, 0.1) is 16.3 Å². The van der Waals surface area contributed by atoms with Crippen molar-refractivity contribution in [1.29, 1.82) is 0 Å². The molecule has 1 N–H and O–H groups in total. The summed E-state index contributed by atoms with van der Waals surface area (Å²) in [6.07, 6.45) is -0.233. The first-order valence-corrected chi connectivity index (χ1v) is 8.78. The van der Waals surface area contributed by atoms with Crippen molar-refractivity contribution in [2.45, 2.75) is 25.2 Å². The molecule has 4 nitrogen and oxygen atoms in total. The van der Waals surface area contributed by atoms with E-state index in [2.05, 4.69) is 5.32 Å². The number of sulfone groups is 1. The van der Waals surface area contributed by atoms with Gasteiger partial charge in [-0.15, -0.1) is 0 Å². The van der Waals surface area contributed by atoms with Gasteiger partial charge in [-0.2, -0.15) is 0 Å². The Morgan fingerprint density at radius 3 is 2.26 bits per heavy atom. The maximum Gasteiger partial charge on any atom is 0.225 e. The van der Waals surface area contributed by atoms with Gasteiger partial charge in [-0.25, -0.2) is 12.8 Å². The molecule has 0 aliphatic heterocycles. The predicted molar refractivity (Wildman–Crippen MR) is 87.6 cm³/mol. The fourth-order valence-electron chi connectivity index (χ4n) is 2.02. The third-order valence-electron chi connectivity index (χ3n) is 3.38. The zero-order valence-corrected chi connectivity index (χ0v) is 13.8. The number of anilines is 1. The molecule has 0 saturated carbocycles. The van der Waals surface area contributed by atoms with Crippen LogP contribution >= 0.6 is 0 Å². The van der Waals surface area contributed by atoms with Gasteiger partial charge in [-0.1, -0.05) is 23.8 Å². The van der Waals surface area contributed by atoms with E-state index < -0.39 is 21.6 Å². The Hall–Kier alpha value is -2.21. The standard InChI is InChI=1S/C17H18FNO3S/c1-12-3-6-14(7-4-12)23(21,22)10-9-17(20)19-16-8-5-13(2)11-15(16)18/h3-8,11H,9-10H2,1-2H3,(H,19,20). The number of aryl methyl sites for hydroxylation is 2. The van der Waals surface area contributed by atoms with Crippen LogP contribution in [0, 0.1) is 19.7 Å². The first kappa shape index (κ1) is 17.1. The lowest BCUT2D eigenvalue weighted by Crippen LogP contribution is -2.18. The quantitative estimate of drug-likeness (QED) is 0.912. The van der Waals surface area contributed by atoms with Crippen molar-refractivity contribution in [2.24, 2.45) is 0 Å². The molecule has 0 aliphatic carbocycles. The van der Waals surface area contributed by atoms with Gasteiger partial charge in [0.15, 0.2) is 9.84 Å². The Kier molecular flexibility index (Phi) is 5.15. The summed E-state index contributed by atoms with van der Waals surface area (Å²) in [4.78, 5) is 12.0. The fourth-order valence-corrected chi connectivity index (χ4v) is 3.27. The molecule has 1 amide bonds.